The van der Waals surface area contributed by atoms with Crippen molar-refractivity contribution < 1.29 is 9.90 Å². The highest BCUT2D eigenvalue weighted by Gasteiger charge is 2.29. The van der Waals surface area contributed by atoms with Gasteiger partial charge in [-0.2, -0.15) is 0 Å². The van der Waals surface area contributed by atoms with Gasteiger partial charge in [-0.15, -0.1) is 0 Å². The summed E-state index contributed by atoms with van der Waals surface area (Å²) in [5.41, 5.74) is 1.16. The molecule has 1 aromatic carbocycles. The molecule has 0 aromatic heterocycles. The Labute approximate surface area is 110 Å². The smallest absolute Gasteiger partial charge is 0.257 e. The van der Waals surface area contributed by atoms with Crippen LogP contribution in [0.4, 0.5) is 0 Å². The van der Waals surface area contributed by atoms with E-state index in [0.717, 1.165) is 30.3 Å². The van der Waals surface area contributed by atoms with Crippen molar-refractivity contribution in [3.63, 3.8) is 0 Å². The molecule has 1 amide bonds. The number of amides is 1. The fourth-order valence-corrected chi connectivity index (χ4v) is 2.92. The lowest BCUT2D eigenvalue weighted by Crippen LogP contribution is -2.36. The predicted octanol–water partition coefficient (Wildman–Crippen LogP) is 2.70. The summed E-state index contributed by atoms with van der Waals surface area (Å²) in [6.07, 6.45) is 2.07. The van der Waals surface area contributed by atoms with Gasteiger partial charge in [-0.05, 0) is 31.4 Å². The van der Waals surface area contributed by atoms with E-state index in [2.05, 4.69) is 15.9 Å². The van der Waals surface area contributed by atoms with E-state index in [1.54, 1.807) is 19.1 Å². The Morgan fingerprint density at radius 1 is 1.59 bits per heavy atom. The van der Waals surface area contributed by atoms with E-state index in [-0.39, 0.29) is 17.7 Å². The lowest BCUT2D eigenvalue weighted by atomic mass is 10.1. The second-order valence-corrected chi connectivity index (χ2v) is 5.07. The third-order valence-corrected chi connectivity index (χ3v) is 4.03. The summed E-state index contributed by atoms with van der Waals surface area (Å²) < 4.78 is 0. The molecule has 17 heavy (non-hydrogen) atoms. The molecule has 1 saturated heterocycles. The molecule has 1 aliphatic heterocycles. The molecule has 0 radical (unpaired) electrons. The predicted molar refractivity (Wildman–Crippen MR) is 70.7 cm³/mol. The molecule has 0 spiro atoms. The third kappa shape index (κ3) is 2.32. The maximum absolute atomic E-state index is 12.3. The Balaban J connectivity index is 2.28. The number of rotatable bonds is 2. The molecule has 1 aromatic rings. The normalized spacial score (nSPS) is 19.6. The van der Waals surface area contributed by atoms with Crippen LogP contribution in [-0.4, -0.2) is 33.8 Å². The topological polar surface area (TPSA) is 40.5 Å². The second kappa shape index (κ2) is 5.08. The number of benzene rings is 1. The van der Waals surface area contributed by atoms with E-state index in [4.69, 9.17) is 0 Å². The van der Waals surface area contributed by atoms with Crippen molar-refractivity contribution in [3.05, 3.63) is 29.3 Å². The Morgan fingerprint density at radius 2 is 2.35 bits per heavy atom. The van der Waals surface area contributed by atoms with Gasteiger partial charge in [0.15, 0.2) is 0 Å². The number of carbonyl (C=O) groups is 1. The molecule has 1 unspecified atom stereocenters. The zero-order valence-corrected chi connectivity index (χ0v) is 11.4. The summed E-state index contributed by atoms with van der Waals surface area (Å²) >= 11 is 3.43. The maximum atomic E-state index is 12.3. The average molecular weight is 298 g/mol. The number of alkyl halides is 1. The number of halogens is 1. The molecule has 4 heteroatoms. The quantitative estimate of drug-likeness (QED) is 0.853. The Kier molecular flexibility index (Phi) is 3.72. The van der Waals surface area contributed by atoms with Crippen LogP contribution in [0.15, 0.2) is 18.2 Å². The molecule has 1 aliphatic rings. The van der Waals surface area contributed by atoms with Crippen LogP contribution in [0.5, 0.6) is 5.75 Å². The average Bonchev–Trinajstić information content (AvgIpc) is 2.80. The molecule has 92 valence electrons. The summed E-state index contributed by atoms with van der Waals surface area (Å²) in [7, 11) is 0. The molecule has 0 saturated carbocycles. The molecule has 1 heterocycles. The first-order valence-electron chi connectivity index (χ1n) is 5.80. The van der Waals surface area contributed by atoms with Gasteiger partial charge in [0.1, 0.15) is 5.75 Å². The van der Waals surface area contributed by atoms with Gasteiger partial charge < -0.3 is 10.0 Å². The van der Waals surface area contributed by atoms with E-state index in [9.17, 15) is 9.90 Å². The van der Waals surface area contributed by atoms with E-state index in [0.29, 0.717) is 5.56 Å². The molecular formula is C13H16BrNO2. The summed E-state index contributed by atoms with van der Waals surface area (Å²) in [4.78, 5) is 14.2. The largest absolute Gasteiger partial charge is 0.507 e. The number of para-hydroxylation sites is 1. The molecule has 0 bridgehead atoms. The highest BCUT2D eigenvalue weighted by Crippen LogP contribution is 2.27. The fourth-order valence-electron chi connectivity index (χ4n) is 2.25. The number of nitrogens with zero attached hydrogens (tertiary/aromatic N) is 1. The SMILES string of the molecule is Cc1cccc(C(=O)N2CCCC2CBr)c1O. The molecule has 1 fully saturated rings. The minimum Gasteiger partial charge on any atom is -0.507 e. The zero-order valence-electron chi connectivity index (χ0n) is 9.82. The van der Waals surface area contributed by atoms with Crippen LogP contribution in [-0.2, 0) is 0 Å². The van der Waals surface area contributed by atoms with Crippen molar-refractivity contribution in [1.82, 2.24) is 4.90 Å². The van der Waals surface area contributed by atoms with Crippen LogP contribution in [0.2, 0.25) is 0 Å². The van der Waals surface area contributed by atoms with E-state index in [1.807, 2.05) is 11.0 Å². The van der Waals surface area contributed by atoms with E-state index >= 15 is 0 Å². The van der Waals surface area contributed by atoms with Crippen molar-refractivity contribution in [2.24, 2.45) is 0 Å². The van der Waals surface area contributed by atoms with E-state index < -0.39 is 0 Å². The summed E-state index contributed by atoms with van der Waals surface area (Å²) in [6.45, 7) is 2.58. The van der Waals surface area contributed by atoms with Gasteiger partial charge >= 0.3 is 0 Å². The van der Waals surface area contributed by atoms with Crippen molar-refractivity contribution in [2.45, 2.75) is 25.8 Å². The maximum Gasteiger partial charge on any atom is 0.257 e. The van der Waals surface area contributed by atoms with Gasteiger partial charge in [0.2, 0.25) is 0 Å². The first-order chi connectivity index (χ1) is 8.15. The van der Waals surface area contributed by atoms with Crippen LogP contribution >= 0.6 is 15.9 Å². The van der Waals surface area contributed by atoms with Crippen LogP contribution in [0, 0.1) is 6.92 Å². The van der Waals surface area contributed by atoms with Crippen molar-refractivity contribution in [3.8, 4) is 5.75 Å². The Morgan fingerprint density at radius 3 is 3.06 bits per heavy atom. The van der Waals surface area contributed by atoms with Gasteiger partial charge in [-0.25, -0.2) is 0 Å². The summed E-state index contributed by atoms with van der Waals surface area (Å²) in [6, 6.07) is 5.55. The monoisotopic (exact) mass is 297 g/mol. The summed E-state index contributed by atoms with van der Waals surface area (Å²) in [5.74, 6) is 0.0471. The number of carbonyl (C=O) groups excluding carboxylic acids is 1. The van der Waals surface area contributed by atoms with Gasteiger partial charge in [0, 0.05) is 17.9 Å². The number of phenolic OH excluding ortho intramolecular Hbond substituents is 1. The Hall–Kier alpha value is -1.03. The Bertz CT molecular complexity index is 433. The lowest BCUT2D eigenvalue weighted by molar-refractivity contribution is 0.0747. The molecule has 3 nitrogen and oxygen atoms in total. The number of hydrogen-bond donors (Lipinski definition) is 1. The van der Waals surface area contributed by atoms with Gasteiger partial charge in [-0.3, -0.25) is 4.79 Å². The molecule has 2 rings (SSSR count). The standard InChI is InChI=1S/C13H16BrNO2/c1-9-4-2-6-11(12(9)16)13(17)15-7-3-5-10(15)8-14/h2,4,6,10,16H,3,5,7-8H2,1H3. The fraction of sp³-hybridized carbons (Fsp3) is 0.462. The molecule has 1 N–H and O–H groups in total. The highest BCUT2D eigenvalue weighted by molar-refractivity contribution is 9.09. The zero-order chi connectivity index (χ0) is 12.4. The minimum atomic E-state index is -0.0619. The van der Waals surface area contributed by atoms with Crippen molar-refractivity contribution in [1.29, 1.82) is 0 Å². The van der Waals surface area contributed by atoms with Gasteiger partial charge in [0.25, 0.3) is 5.91 Å². The highest BCUT2D eigenvalue weighted by atomic mass is 79.9. The lowest BCUT2D eigenvalue weighted by Gasteiger charge is -2.23. The number of likely N-dealkylation sites (tertiary alicyclic amines) is 1. The number of aryl methyl sites for hydroxylation is 1. The van der Waals surface area contributed by atoms with E-state index in [1.165, 1.54) is 0 Å². The summed E-state index contributed by atoms with van der Waals surface area (Å²) in [5, 5.41) is 10.7. The first kappa shape index (κ1) is 12.4. The number of aromatic hydroxyl groups is 1. The van der Waals surface area contributed by atoms with Crippen molar-refractivity contribution in [2.75, 3.05) is 11.9 Å². The van der Waals surface area contributed by atoms with Crippen LogP contribution in [0.3, 0.4) is 0 Å². The molecular weight excluding hydrogens is 282 g/mol. The van der Waals surface area contributed by atoms with Crippen LogP contribution in [0.1, 0.15) is 28.8 Å². The minimum absolute atomic E-state index is 0.0619. The van der Waals surface area contributed by atoms with Crippen LogP contribution in [0.25, 0.3) is 0 Å². The second-order valence-electron chi connectivity index (χ2n) is 4.42. The van der Waals surface area contributed by atoms with Crippen molar-refractivity contribution >= 4 is 21.8 Å². The van der Waals surface area contributed by atoms with Gasteiger partial charge in [-0.1, -0.05) is 28.1 Å². The number of phenols is 1. The van der Waals surface area contributed by atoms with Crippen LogP contribution < -0.4 is 0 Å². The first-order valence-corrected chi connectivity index (χ1v) is 6.93. The number of hydrogen-bond acceptors (Lipinski definition) is 2. The molecule has 0 aliphatic carbocycles. The third-order valence-electron chi connectivity index (χ3n) is 3.28. The molecule has 1 atom stereocenters. The van der Waals surface area contributed by atoms with Gasteiger partial charge in [0.05, 0.1) is 5.56 Å².